The Morgan fingerprint density at radius 1 is 1.36 bits per heavy atom. The van der Waals surface area contributed by atoms with Crippen LogP contribution >= 0.6 is 0 Å². The van der Waals surface area contributed by atoms with Gasteiger partial charge in [-0.3, -0.25) is 4.98 Å². The average molecular weight is 197 g/mol. The Kier molecular flexibility index (Phi) is 4.28. The summed E-state index contributed by atoms with van der Waals surface area (Å²) in [6.45, 7) is 1.33. The van der Waals surface area contributed by atoms with Crippen molar-refractivity contribution in [2.75, 3.05) is 27.2 Å². The maximum absolute atomic E-state index is 8.73. The number of aliphatic hydroxyl groups excluding tert-OH is 1. The molecule has 0 spiro atoms. The Hall–Kier alpha value is -1.20. The van der Waals surface area contributed by atoms with E-state index in [-0.39, 0.29) is 6.61 Å². The van der Waals surface area contributed by atoms with Gasteiger partial charge in [0.25, 0.3) is 0 Å². The van der Waals surface area contributed by atoms with Crippen LogP contribution in [-0.4, -0.2) is 47.2 Å². The summed E-state index contributed by atoms with van der Waals surface area (Å²) < 4.78 is 5.32. The van der Waals surface area contributed by atoms with Gasteiger partial charge in [0, 0.05) is 6.54 Å². The zero-order chi connectivity index (χ0) is 10.4. The molecule has 5 nitrogen and oxygen atoms in total. The van der Waals surface area contributed by atoms with E-state index in [0.29, 0.717) is 18.2 Å². The van der Waals surface area contributed by atoms with Crippen LogP contribution in [0.2, 0.25) is 0 Å². The molecule has 0 saturated heterocycles. The van der Waals surface area contributed by atoms with Gasteiger partial charge in [-0.05, 0) is 14.1 Å². The first-order chi connectivity index (χ1) is 6.72. The number of aliphatic hydroxyl groups is 1. The molecule has 0 amide bonds. The van der Waals surface area contributed by atoms with Gasteiger partial charge in [-0.25, -0.2) is 4.98 Å². The van der Waals surface area contributed by atoms with Crippen molar-refractivity contribution < 1.29 is 9.84 Å². The highest BCUT2D eigenvalue weighted by atomic mass is 16.5. The molecule has 0 radical (unpaired) electrons. The average Bonchev–Trinajstić information content (AvgIpc) is 2.18. The maximum Gasteiger partial charge on any atom is 0.232 e. The van der Waals surface area contributed by atoms with Crippen LogP contribution < -0.4 is 4.74 Å². The Bertz CT molecular complexity index is 261. The zero-order valence-corrected chi connectivity index (χ0v) is 8.47. The third kappa shape index (κ3) is 3.68. The van der Waals surface area contributed by atoms with Gasteiger partial charge in [0.2, 0.25) is 5.88 Å². The van der Waals surface area contributed by atoms with Gasteiger partial charge >= 0.3 is 0 Å². The Balaban J connectivity index is 2.36. The first-order valence-electron chi connectivity index (χ1n) is 4.41. The van der Waals surface area contributed by atoms with Gasteiger partial charge < -0.3 is 14.7 Å². The quantitative estimate of drug-likeness (QED) is 0.715. The fourth-order valence-corrected chi connectivity index (χ4v) is 0.832. The predicted molar refractivity (Wildman–Crippen MR) is 52.0 cm³/mol. The molecule has 1 rings (SSSR count). The Morgan fingerprint density at radius 3 is 2.64 bits per heavy atom. The summed E-state index contributed by atoms with van der Waals surface area (Å²) >= 11 is 0. The van der Waals surface area contributed by atoms with E-state index in [1.165, 1.54) is 12.4 Å². The van der Waals surface area contributed by atoms with Crippen LogP contribution in [0, 0.1) is 0 Å². The third-order valence-corrected chi connectivity index (χ3v) is 1.63. The van der Waals surface area contributed by atoms with Crippen molar-refractivity contribution in [2.24, 2.45) is 0 Å². The molecule has 0 bridgehead atoms. The van der Waals surface area contributed by atoms with E-state index >= 15 is 0 Å². The summed E-state index contributed by atoms with van der Waals surface area (Å²) in [5, 5.41) is 8.73. The molecule has 0 unspecified atom stereocenters. The molecule has 0 saturated carbocycles. The molecular weight excluding hydrogens is 182 g/mol. The lowest BCUT2D eigenvalue weighted by atomic mass is 10.5. The number of nitrogens with zero attached hydrogens (tertiary/aromatic N) is 3. The molecule has 1 aromatic heterocycles. The highest BCUT2D eigenvalue weighted by Gasteiger charge is 1.97. The van der Waals surface area contributed by atoms with Crippen molar-refractivity contribution >= 4 is 0 Å². The van der Waals surface area contributed by atoms with Crippen LogP contribution in [0.3, 0.4) is 0 Å². The molecule has 14 heavy (non-hydrogen) atoms. The minimum absolute atomic E-state index is 0.0923. The lowest BCUT2D eigenvalue weighted by molar-refractivity contribution is 0.250. The van der Waals surface area contributed by atoms with Gasteiger partial charge in [0.15, 0.2) is 0 Å². The van der Waals surface area contributed by atoms with Gasteiger partial charge in [-0.2, -0.15) is 0 Å². The van der Waals surface area contributed by atoms with Gasteiger partial charge in [0.1, 0.15) is 6.61 Å². The van der Waals surface area contributed by atoms with Crippen LogP contribution in [0.25, 0.3) is 0 Å². The summed E-state index contributed by atoms with van der Waals surface area (Å²) in [4.78, 5) is 9.95. The van der Waals surface area contributed by atoms with E-state index in [1.807, 2.05) is 19.0 Å². The number of rotatable bonds is 5. The lowest BCUT2D eigenvalue weighted by Gasteiger charge is -2.09. The number of likely N-dealkylation sites (N-methyl/N-ethyl adjacent to an activating group) is 1. The second-order valence-electron chi connectivity index (χ2n) is 3.16. The highest BCUT2D eigenvalue weighted by molar-refractivity contribution is 5.06. The van der Waals surface area contributed by atoms with Crippen molar-refractivity contribution in [2.45, 2.75) is 6.61 Å². The molecule has 0 aromatic carbocycles. The topological polar surface area (TPSA) is 58.5 Å². The van der Waals surface area contributed by atoms with Crippen molar-refractivity contribution in [3.8, 4) is 5.88 Å². The number of aromatic nitrogens is 2. The third-order valence-electron chi connectivity index (χ3n) is 1.63. The molecule has 0 fully saturated rings. The molecule has 0 aliphatic rings. The molecule has 78 valence electrons. The predicted octanol–water partition coefficient (Wildman–Crippen LogP) is -0.0907. The van der Waals surface area contributed by atoms with Crippen molar-refractivity contribution in [3.63, 3.8) is 0 Å². The summed E-state index contributed by atoms with van der Waals surface area (Å²) in [7, 11) is 3.95. The largest absolute Gasteiger partial charge is 0.475 e. The molecule has 1 aromatic rings. The van der Waals surface area contributed by atoms with Crippen LogP contribution in [-0.2, 0) is 6.61 Å². The first kappa shape index (κ1) is 10.9. The molecular formula is C9H15N3O2. The smallest absolute Gasteiger partial charge is 0.232 e. The fraction of sp³-hybridized carbons (Fsp3) is 0.556. The number of hydrogen-bond donors (Lipinski definition) is 1. The minimum Gasteiger partial charge on any atom is -0.475 e. The Morgan fingerprint density at radius 2 is 2.14 bits per heavy atom. The Labute approximate surface area is 83.4 Å². The molecule has 1 heterocycles. The van der Waals surface area contributed by atoms with Gasteiger partial charge in [0.05, 0.1) is 24.7 Å². The zero-order valence-electron chi connectivity index (χ0n) is 8.47. The van der Waals surface area contributed by atoms with E-state index in [4.69, 9.17) is 9.84 Å². The molecule has 1 N–H and O–H groups in total. The van der Waals surface area contributed by atoms with Crippen LogP contribution in [0.4, 0.5) is 0 Å². The highest BCUT2D eigenvalue weighted by Crippen LogP contribution is 2.03. The number of ether oxygens (including phenoxy) is 1. The normalized spacial score (nSPS) is 10.6. The van der Waals surface area contributed by atoms with Crippen molar-refractivity contribution in [1.82, 2.24) is 14.9 Å². The van der Waals surface area contributed by atoms with E-state index in [2.05, 4.69) is 9.97 Å². The SMILES string of the molecule is CN(C)CCOc1cnc(CO)cn1. The van der Waals surface area contributed by atoms with Gasteiger partial charge in [-0.1, -0.05) is 0 Å². The molecule has 0 aliphatic carbocycles. The summed E-state index contributed by atoms with van der Waals surface area (Å²) in [6.07, 6.45) is 3.02. The van der Waals surface area contributed by atoms with Crippen LogP contribution in [0.1, 0.15) is 5.69 Å². The van der Waals surface area contributed by atoms with Crippen LogP contribution in [0.15, 0.2) is 12.4 Å². The van der Waals surface area contributed by atoms with E-state index in [1.54, 1.807) is 0 Å². The lowest BCUT2D eigenvalue weighted by Crippen LogP contribution is -2.19. The second kappa shape index (κ2) is 5.51. The molecule has 5 heteroatoms. The molecule has 0 aliphatic heterocycles. The summed E-state index contributed by atoms with van der Waals surface area (Å²) in [6, 6.07) is 0. The van der Waals surface area contributed by atoms with E-state index in [0.717, 1.165) is 6.54 Å². The van der Waals surface area contributed by atoms with E-state index in [9.17, 15) is 0 Å². The summed E-state index contributed by atoms with van der Waals surface area (Å²) in [5.41, 5.74) is 0.546. The van der Waals surface area contributed by atoms with Gasteiger partial charge in [-0.15, -0.1) is 0 Å². The number of hydrogen-bond acceptors (Lipinski definition) is 5. The van der Waals surface area contributed by atoms with Crippen molar-refractivity contribution in [3.05, 3.63) is 18.1 Å². The van der Waals surface area contributed by atoms with Crippen molar-refractivity contribution in [1.29, 1.82) is 0 Å². The monoisotopic (exact) mass is 197 g/mol. The maximum atomic E-state index is 8.73. The summed E-state index contributed by atoms with van der Waals surface area (Å²) in [5.74, 6) is 0.490. The van der Waals surface area contributed by atoms with E-state index < -0.39 is 0 Å². The fourth-order valence-electron chi connectivity index (χ4n) is 0.832. The minimum atomic E-state index is -0.0923. The molecule has 0 atom stereocenters. The standard InChI is InChI=1S/C9H15N3O2/c1-12(2)3-4-14-9-6-10-8(7-13)5-11-9/h5-6,13H,3-4,7H2,1-2H3. The van der Waals surface area contributed by atoms with Crippen LogP contribution in [0.5, 0.6) is 5.88 Å². The second-order valence-corrected chi connectivity index (χ2v) is 3.16. The first-order valence-corrected chi connectivity index (χ1v) is 4.41.